The average Bonchev–Trinajstić information content (AvgIpc) is 2.81. The number of hydrogen-bond acceptors (Lipinski definition) is 2. The molecule has 0 spiro atoms. The molecule has 5 aliphatic carbocycles. The molecule has 7 aliphatic rings. The molecular formula is C14H15NO. The summed E-state index contributed by atoms with van der Waals surface area (Å²) in [7, 11) is 0. The SMILES string of the molecule is C#CCN1C2C3C4CC5C6C4C2C6C1(O)C53. The minimum atomic E-state index is -0.455. The molecule has 10 atom stereocenters. The van der Waals surface area contributed by atoms with Crippen LogP contribution in [0.5, 0.6) is 0 Å². The Hall–Kier alpha value is -0.520. The van der Waals surface area contributed by atoms with Crippen LogP contribution in [0.2, 0.25) is 0 Å². The fourth-order valence-electron chi connectivity index (χ4n) is 7.87. The molecule has 7 rings (SSSR count). The minimum Gasteiger partial charge on any atom is -0.375 e. The maximum Gasteiger partial charge on any atom is 0.126 e. The van der Waals surface area contributed by atoms with Gasteiger partial charge in [0, 0.05) is 17.9 Å². The van der Waals surface area contributed by atoms with Gasteiger partial charge >= 0.3 is 0 Å². The molecular weight excluding hydrogens is 198 g/mol. The molecule has 2 saturated heterocycles. The van der Waals surface area contributed by atoms with Gasteiger partial charge in [-0.15, -0.1) is 6.42 Å². The van der Waals surface area contributed by atoms with E-state index in [4.69, 9.17) is 6.42 Å². The molecule has 82 valence electrons. The van der Waals surface area contributed by atoms with E-state index in [0.29, 0.717) is 24.4 Å². The van der Waals surface area contributed by atoms with E-state index in [1.165, 1.54) is 6.42 Å². The Balaban J connectivity index is 1.66. The molecule has 2 aliphatic heterocycles. The van der Waals surface area contributed by atoms with Crippen molar-refractivity contribution in [3.63, 3.8) is 0 Å². The van der Waals surface area contributed by atoms with Crippen molar-refractivity contribution in [1.29, 1.82) is 0 Å². The molecule has 0 radical (unpaired) electrons. The Morgan fingerprint density at radius 2 is 2.06 bits per heavy atom. The molecule has 16 heavy (non-hydrogen) atoms. The van der Waals surface area contributed by atoms with Crippen molar-refractivity contribution in [2.75, 3.05) is 6.54 Å². The van der Waals surface area contributed by atoms with Gasteiger partial charge in [-0.05, 0) is 41.9 Å². The highest BCUT2D eigenvalue weighted by Crippen LogP contribution is 2.90. The van der Waals surface area contributed by atoms with E-state index in [2.05, 4.69) is 10.8 Å². The quantitative estimate of drug-likeness (QED) is 0.637. The highest BCUT2D eigenvalue weighted by atomic mass is 16.3. The Kier molecular flexibility index (Phi) is 0.859. The Bertz CT molecular complexity index is 482. The smallest absolute Gasteiger partial charge is 0.126 e. The van der Waals surface area contributed by atoms with E-state index in [1.54, 1.807) is 0 Å². The minimum absolute atomic E-state index is 0.455. The first-order chi connectivity index (χ1) is 7.80. The van der Waals surface area contributed by atoms with Gasteiger partial charge in [-0.2, -0.15) is 0 Å². The summed E-state index contributed by atoms with van der Waals surface area (Å²) in [6, 6.07) is 0.676. The average molecular weight is 213 g/mol. The van der Waals surface area contributed by atoms with Gasteiger partial charge < -0.3 is 5.11 Å². The fraction of sp³-hybridized carbons (Fsp3) is 0.857. The van der Waals surface area contributed by atoms with Crippen molar-refractivity contribution < 1.29 is 5.11 Å². The standard InChI is InChI=1S/C14H15NO/c1-2-3-15-13-9-5-4-6-8-7(5)10(13)12(8)14(15,16)11(6)9/h1,5-13,16H,3-4H2. The molecule has 5 saturated carbocycles. The molecule has 2 nitrogen and oxygen atoms in total. The molecule has 0 amide bonds. The third-order valence-electron chi connectivity index (χ3n) is 7.47. The van der Waals surface area contributed by atoms with Gasteiger partial charge in [0.1, 0.15) is 5.72 Å². The first kappa shape index (κ1) is 7.74. The lowest BCUT2D eigenvalue weighted by molar-refractivity contribution is -0.127. The number of nitrogens with zero attached hydrogens (tertiary/aromatic N) is 1. The zero-order valence-electron chi connectivity index (χ0n) is 9.08. The van der Waals surface area contributed by atoms with Crippen molar-refractivity contribution in [1.82, 2.24) is 4.90 Å². The summed E-state index contributed by atoms with van der Waals surface area (Å²) in [5, 5.41) is 11.2. The molecule has 10 unspecified atom stereocenters. The van der Waals surface area contributed by atoms with E-state index in [-0.39, 0.29) is 0 Å². The normalized spacial score (nSPS) is 78.9. The number of aliphatic hydroxyl groups is 1. The zero-order chi connectivity index (χ0) is 10.4. The van der Waals surface area contributed by atoms with Gasteiger partial charge in [-0.1, -0.05) is 5.92 Å². The largest absolute Gasteiger partial charge is 0.375 e. The number of terminal acetylenes is 1. The Labute approximate surface area is 95.0 Å². The second kappa shape index (κ2) is 1.78. The van der Waals surface area contributed by atoms with Crippen molar-refractivity contribution >= 4 is 0 Å². The topological polar surface area (TPSA) is 23.5 Å². The molecule has 2 heterocycles. The predicted molar refractivity (Wildman–Crippen MR) is 56.8 cm³/mol. The van der Waals surface area contributed by atoms with E-state index in [1.807, 2.05) is 0 Å². The summed E-state index contributed by atoms with van der Waals surface area (Å²) in [5.41, 5.74) is -0.455. The van der Waals surface area contributed by atoms with Crippen LogP contribution < -0.4 is 0 Å². The van der Waals surface area contributed by atoms with Gasteiger partial charge in [0.25, 0.3) is 0 Å². The summed E-state index contributed by atoms with van der Waals surface area (Å²) in [4.78, 5) is 2.34. The van der Waals surface area contributed by atoms with Crippen molar-refractivity contribution in [2.45, 2.75) is 18.2 Å². The molecule has 0 aromatic carbocycles. The van der Waals surface area contributed by atoms with Crippen molar-refractivity contribution in [3.05, 3.63) is 0 Å². The molecule has 1 N–H and O–H groups in total. The maximum atomic E-state index is 11.2. The summed E-state index contributed by atoms with van der Waals surface area (Å²) in [6.45, 7) is 0.681. The van der Waals surface area contributed by atoms with Crippen LogP contribution in [-0.2, 0) is 0 Å². The van der Waals surface area contributed by atoms with Crippen LogP contribution in [0.25, 0.3) is 0 Å². The summed E-state index contributed by atoms with van der Waals surface area (Å²) >= 11 is 0. The van der Waals surface area contributed by atoms with Crippen LogP contribution in [-0.4, -0.2) is 28.3 Å². The van der Waals surface area contributed by atoms with Gasteiger partial charge in [0.05, 0.1) is 6.54 Å². The Morgan fingerprint density at radius 1 is 1.19 bits per heavy atom. The zero-order valence-corrected chi connectivity index (χ0v) is 9.08. The lowest BCUT2D eigenvalue weighted by atomic mass is 9.59. The monoisotopic (exact) mass is 213 g/mol. The van der Waals surface area contributed by atoms with E-state index < -0.39 is 5.72 Å². The first-order valence-electron chi connectivity index (χ1n) is 6.72. The summed E-state index contributed by atoms with van der Waals surface area (Å²) in [6.07, 6.45) is 6.94. The maximum absolute atomic E-state index is 11.2. The fourth-order valence-corrected chi connectivity index (χ4v) is 7.87. The molecule has 2 heteroatoms. The van der Waals surface area contributed by atoms with Gasteiger partial charge in [0.2, 0.25) is 0 Å². The van der Waals surface area contributed by atoms with Crippen LogP contribution in [0.1, 0.15) is 6.42 Å². The third-order valence-corrected chi connectivity index (χ3v) is 7.47. The van der Waals surface area contributed by atoms with Crippen molar-refractivity contribution in [3.8, 4) is 12.3 Å². The highest BCUT2D eigenvalue weighted by molar-refractivity contribution is 5.41. The van der Waals surface area contributed by atoms with E-state index in [9.17, 15) is 5.11 Å². The molecule has 7 fully saturated rings. The van der Waals surface area contributed by atoms with Crippen LogP contribution >= 0.6 is 0 Å². The van der Waals surface area contributed by atoms with Crippen molar-refractivity contribution in [2.24, 2.45) is 47.3 Å². The van der Waals surface area contributed by atoms with Gasteiger partial charge in [0.15, 0.2) is 0 Å². The van der Waals surface area contributed by atoms with Crippen LogP contribution in [0.4, 0.5) is 0 Å². The predicted octanol–water partition coefficient (Wildman–Crippen LogP) is 0.380. The summed E-state index contributed by atoms with van der Waals surface area (Å²) < 4.78 is 0. The van der Waals surface area contributed by atoms with Crippen LogP contribution in [0.15, 0.2) is 0 Å². The lowest BCUT2D eigenvalue weighted by Crippen LogP contribution is -2.51. The van der Waals surface area contributed by atoms with Crippen LogP contribution in [0, 0.1) is 59.7 Å². The second-order valence-corrected chi connectivity index (χ2v) is 7.03. The molecule has 0 aromatic heterocycles. The highest BCUT2D eigenvalue weighted by Gasteiger charge is 2.93. The van der Waals surface area contributed by atoms with Crippen LogP contribution in [0.3, 0.4) is 0 Å². The van der Waals surface area contributed by atoms with E-state index in [0.717, 1.165) is 35.5 Å². The summed E-state index contributed by atoms with van der Waals surface area (Å²) in [5.74, 6) is 9.42. The lowest BCUT2D eigenvalue weighted by Gasteiger charge is -2.45. The molecule has 4 bridgehead atoms. The molecule has 0 aromatic rings. The second-order valence-electron chi connectivity index (χ2n) is 7.03. The first-order valence-corrected chi connectivity index (χ1v) is 6.72. The third kappa shape index (κ3) is 0.400. The van der Waals surface area contributed by atoms with Gasteiger partial charge in [-0.25, -0.2) is 0 Å². The Morgan fingerprint density at radius 3 is 2.88 bits per heavy atom. The number of rotatable bonds is 1. The van der Waals surface area contributed by atoms with E-state index >= 15 is 0 Å². The van der Waals surface area contributed by atoms with Gasteiger partial charge in [-0.3, -0.25) is 4.90 Å². The number of hydrogen-bond donors (Lipinski definition) is 1.